The average Bonchev–Trinajstić information content (AvgIpc) is 3.11. The van der Waals surface area contributed by atoms with Crippen LogP contribution in [0, 0.1) is 0 Å². The molecule has 8 heteroatoms. The van der Waals surface area contributed by atoms with Gasteiger partial charge in [-0.1, -0.05) is 18.2 Å². The third-order valence-corrected chi connectivity index (χ3v) is 5.54. The van der Waals surface area contributed by atoms with Crippen molar-refractivity contribution in [1.29, 1.82) is 0 Å². The summed E-state index contributed by atoms with van der Waals surface area (Å²) in [7, 11) is 0. The first-order valence-corrected chi connectivity index (χ1v) is 9.32. The summed E-state index contributed by atoms with van der Waals surface area (Å²) in [4.78, 5) is 14.5. The van der Waals surface area contributed by atoms with E-state index >= 15 is 0 Å². The van der Waals surface area contributed by atoms with E-state index in [2.05, 4.69) is 10.2 Å². The fourth-order valence-electron chi connectivity index (χ4n) is 4.11. The van der Waals surface area contributed by atoms with Crippen LogP contribution >= 0.6 is 0 Å². The van der Waals surface area contributed by atoms with E-state index in [1.54, 1.807) is 17.0 Å². The lowest BCUT2D eigenvalue weighted by atomic mass is 9.86. The topological polar surface area (TPSA) is 51.0 Å². The van der Waals surface area contributed by atoms with Crippen LogP contribution in [0.4, 0.5) is 13.2 Å². The largest absolute Gasteiger partial charge is 0.416 e. The number of amides is 1. The van der Waals surface area contributed by atoms with Crippen molar-refractivity contribution in [3.8, 4) is 0 Å². The summed E-state index contributed by atoms with van der Waals surface area (Å²) in [6.07, 6.45) is -0.446. The number of fused-ring (bicyclic) bond motifs is 1. The van der Waals surface area contributed by atoms with E-state index in [4.69, 9.17) is 0 Å². The molecule has 0 spiro atoms. The van der Waals surface area contributed by atoms with Crippen molar-refractivity contribution in [3.05, 3.63) is 47.0 Å². The molecular formula is C19H21F3N4O. The molecule has 1 aromatic heterocycles. The molecule has 5 nitrogen and oxygen atoms in total. The molecule has 0 N–H and O–H groups in total. The van der Waals surface area contributed by atoms with E-state index < -0.39 is 11.7 Å². The maximum atomic E-state index is 13.3. The van der Waals surface area contributed by atoms with E-state index in [1.165, 1.54) is 6.07 Å². The molecule has 1 amide bonds. The molecule has 1 fully saturated rings. The number of nitrogens with zero attached hydrogens (tertiary/aromatic N) is 4. The normalized spacial score (nSPS) is 18.4. The third kappa shape index (κ3) is 3.44. The molecule has 144 valence electrons. The van der Waals surface area contributed by atoms with Crippen molar-refractivity contribution >= 4 is 5.91 Å². The molecule has 0 aliphatic carbocycles. The van der Waals surface area contributed by atoms with Gasteiger partial charge in [0.05, 0.1) is 5.56 Å². The minimum atomic E-state index is -4.36. The molecule has 2 aliphatic heterocycles. The van der Waals surface area contributed by atoms with Gasteiger partial charge in [-0.25, -0.2) is 0 Å². The molecule has 4 rings (SSSR count). The van der Waals surface area contributed by atoms with Crippen molar-refractivity contribution in [3.63, 3.8) is 0 Å². The molecule has 0 unspecified atom stereocenters. The Kier molecular flexibility index (Phi) is 4.65. The van der Waals surface area contributed by atoms with Gasteiger partial charge in [0.1, 0.15) is 5.82 Å². The molecule has 2 aromatic rings. The van der Waals surface area contributed by atoms with Gasteiger partial charge in [-0.05, 0) is 43.2 Å². The van der Waals surface area contributed by atoms with Crippen molar-refractivity contribution in [1.82, 2.24) is 19.7 Å². The van der Waals surface area contributed by atoms with E-state index in [0.717, 1.165) is 37.7 Å². The first kappa shape index (κ1) is 18.0. The number of piperidine rings is 1. The molecule has 0 bridgehead atoms. The first-order chi connectivity index (χ1) is 12.9. The van der Waals surface area contributed by atoms with Gasteiger partial charge in [-0.15, -0.1) is 10.2 Å². The Morgan fingerprint density at radius 1 is 1.04 bits per heavy atom. The molecule has 27 heavy (non-hydrogen) atoms. The summed E-state index contributed by atoms with van der Waals surface area (Å²) < 4.78 is 41.7. The van der Waals surface area contributed by atoms with Crippen LogP contribution in [0.25, 0.3) is 0 Å². The zero-order valence-electron chi connectivity index (χ0n) is 14.9. The lowest BCUT2D eigenvalue weighted by molar-refractivity contribution is -0.138. The highest BCUT2D eigenvalue weighted by Crippen LogP contribution is 2.38. The van der Waals surface area contributed by atoms with Gasteiger partial charge < -0.3 is 9.47 Å². The number of likely N-dealkylation sites (tertiary alicyclic amines) is 1. The molecule has 0 atom stereocenters. The van der Waals surface area contributed by atoms with Crippen LogP contribution in [0.1, 0.15) is 59.2 Å². The van der Waals surface area contributed by atoms with Gasteiger partial charge in [0.15, 0.2) is 0 Å². The Morgan fingerprint density at radius 2 is 1.78 bits per heavy atom. The molecule has 2 aliphatic rings. The van der Waals surface area contributed by atoms with Gasteiger partial charge in [0.25, 0.3) is 5.91 Å². The van der Waals surface area contributed by atoms with Crippen molar-refractivity contribution in [2.75, 3.05) is 13.1 Å². The summed E-state index contributed by atoms with van der Waals surface area (Å²) in [6.45, 7) is 1.61. The number of carbonyl (C=O) groups excluding carboxylic acids is 1. The number of alkyl halides is 3. The predicted octanol–water partition coefficient (Wildman–Crippen LogP) is 3.65. The number of aromatic nitrogens is 3. The van der Waals surface area contributed by atoms with E-state index in [-0.39, 0.29) is 11.8 Å². The van der Waals surface area contributed by atoms with Crippen LogP contribution in [-0.2, 0) is 19.1 Å². The zero-order valence-corrected chi connectivity index (χ0v) is 14.9. The van der Waals surface area contributed by atoms with Gasteiger partial charge in [0, 0.05) is 26.1 Å². The van der Waals surface area contributed by atoms with Crippen LogP contribution in [0.15, 0.2) is 24.3 Å². The Hall–Kier alpha value is -2.38. The smallest absolute Gasteiger partial charge is 0.336 e. The monoisotopic (exact) mass is 378 g/mol. The molecule has 3 heterocycles. The number of benzene rings is 1. The highest BCUT2D eigenvalue weighted by atomic mass is 19.4. The maximum Gasteiger partial charge on any atom is 0.416 e. The zero-order chi connectivity index (χ0) is 19.0. The summed E-state index contributed by atoms with van der Waals surface area (Å²) in [6, 6.07) is 5.75. The molecule has 0 radical (unpaired) electrons. The maximum absolute atomic E-state index is 13.3. The minimum absolute atomic E-state index is 0.168. The third-order valence-electron chi connectivity index (χ3n) is 5.54. The summed E-state index contributed by atoms with van der Waals surface area (Å²) in [5.74, 6) is 0.842. The number of aryl methyl sites for hydroxylation is 1. The SMILES string of the molecule is O=C(c1nnc2n1CCCC2)N1CCC(c2ccccc2C(F)(F)F)CC1. The van der Waals surface area contributed by atoms with E-state index in [1.807, 2.05) is 4.57 Å². The summed E-state index contributed by atoms with van der Waals surface area (Å²) >= 11 is 0. The van der Waals surface area contributed by atoms with Crippen LogP contribution in [0.5, 0.6) is 0 Å². The standard InChI is InChI=1S/C19H21F3N4O/c20-19(21,22)15-6-2-1-5-14(15)13-8-11-25(12-9-13)18(27)17-24-23-16-7-3-4-10-26(16)17/h1-2,5-6,13H,3-4,7-12H2. The average molecular weight is 378 g/mol. The minimum Gasteiger partial charge on any atom is -0.336 e. The molecular weight excluding hydrogens is 357 g/mol. The number of halogens is 3. The van der Waals surface area contributed by atoms with Crippen LogP contribution in [0.2, 0.25) is 0 Å². The second-order valence-electron chi connectivity index (χ2n) is 7.20. The quantitative estimate of drug-likeness (QED) is 0.802. The fourth-order valence-corrected chi connectivity index (χ4v) is 4.11. The van der Waals surface area contributed by atoms with E-state index in [0.29, 0.717) is 37.3 Å². The van der Waals surface area contributed by atoms with Crippen LogP contribution in [-0.4, -0.2) is 38.7 Å². The summed E-state index contributed by atoms with van der Waals surface area (Å²) in [5, 5.41) is 8.18. The predicted molar refractivity (Wildman–Crippen MR) is 92.3 cm³/mol. The summed E-state index contributed by atoms with van der Waals surface area (Å²) in [5.41, 5.74) is -0.238. The van der Waals surface area contributed by atoms with Gasteiger partial charge in [0.2, 0.25) is 5.82 Å². The Balaban J connectivity index is 1.47. The number of hydrogen-bond donors (Lipinski definition) is 0. The van der Waals surface area contributed by atoms with E-state index in [9.17, 15) is 18.0 Å². The molecule has 1 saturated heterocycles. The highest BCUT2D eigenvalue weighted by molar-refractivity contribution is 5.90. The Bertz CT molecular complexity index is 838. The van der Waals surface area contributed by atoms with Gasteiger partial charge >= 0.3 is 6.18 Å². The second kappa shape index (κ2) is 6.98. The van der Waals surface area contributed by atoms with Crippen LogP contribution in [0.3, 0.4) is 0 Å². The molecule has 0 saturated carbocycles. The van der Waals surface area contributed by atoms with Crippen molar-refractivity contribution in [2.45, 2.75) is 50.7 Å². The lowest BCUT2D eigenvalue weighted by Gasteiger charge is -2.33. The number of carbonyl (C=O) groups is 1. The first-order valence-electron chi connectivity index (χ1n) is 9.32. The highest BCUT2D eigenvalue weighted by Gasteiger charge is 2.36. The lowest BCUT2D eigenvalue weighted by Crippen LogP contribution is -2.39. The number of hydrogen-bond acceptors (Lipinski definition) is 3. The second-order valence-corrected chi connectivity index (χ2v) is 7.20. The molecule has 1 aromatic carbocycles. The van der Waals surface area contributed by atoms with Gasteiger partial charge in [-0.2, -0.15) is 13.2 Å². The number of rotatable bonds is 2. The van der Waals surface area contributed by atoms with Crippen LogP contribution < -0.4 is 0 Å². The van der Waals surface area contributed by atoms with Gasteiger partial charge in [-0.3, -0.25) is 4.79 Å². The van der Waals surface area contributed by atoms with Crippen molar-refractivity contribution in [2.24, 2.45) is 0 Å². The Morgan fingerprint density at radius 3 is 2.52 bits per heavy atom. The Labute approximate surface area is 155 Å². The van der Waals surface area contributed by atoms with Crippen molar-refractivity contribution < 1.29 is 18.0 Å². The fraction of sp³-hybridized carbons (Fsp3) is 0.526.